The Hall–Kier alpha value is -1.10. The second-order valence-electron chi connectivity index (χ2n) is 4.38. The van der Waals surface area contributed by atoms with Crippen LogP contribution >= 0.6 is 15.9 Å². The second kappa shape index (κ2) is 4.82. The number of methoxy groups -OCH3 is 1. The molecule has 0 bridgehead atoms. The summed E-state index contributed by atoms with van der Waals surface area (Å²) in [5.41, 5.74) is 0.102. The van der Waals surface area contributed by atoms with E-state index in [0.717, 1.165) is 4.47 Å². The van der Waals surface area contributed by atoms with Gasteiger partial charge < -0.3 is 10.1 Å². The average Bonchev–Trinajstić information content (AvgIpc) is 2.19. The maximum Gasteiger partial charge on any atom is 0.238 e. The third kappa shape index (κ3) is 2.95. The van der Waals surface area contributed by atoms with Crippen molar-refractivity contribution in [3.05, 3.63) is 16.7 Å². The molecule has 1 amide bonds. The molecular formula is C11H15BrN2O2. The predicted octanol–water partition coefficient (Wildman–Crippen LogP) is 2.84. The SMILES string of the molecule is COc1nccc(Br)c1NC(=O)C(C)(C)C. The van der Waals surface area contributed by atoms with E-state index in [1.54, 1.807) is 12.3 Å². The molecule has 1 aromatic heterocycles. The zero-order valence-electron chi connectivity index (χ0n) is 9.80. The molecule has 1 heterocycles. The van der Waals surface area contributed by atoms with Crippen molar-refractivity contribution in [2.45, 2.75) is 20.8 Å². The minimum Gasteiger partial charge on any atom is -0.479 e. The van der Waals surface area contributed by atoms with E-state index in [1.165, 1.54) is 7.11 Å². The molecule has 4 nitrogen and oxygen atoms in total. The normalized spacial score (nSPS) is 11.1. The Morgan fingerprint density at radius 3 is 2.62 bits per heavy atom. The van der Waals surface area contributed by atoms with Crippen LogP contribution in [-0.4, -0.2) is 18.0 Å². The first-order chi connectivity index (χ1) is 7.36. The number of rotatable bonds is 2. The highest BCUT2D eigenvalue weighted by Crippen LogP contribution is 2.31. The largest absolute Gasteiger partial charge is 0.479 e. The topological polar surface area (TPSA) is 51.2 Å². The van der Waals surface area contributed by atoms with E-state index in [9.17, 15) is 4.79 Å². The summed E-state index contributed by atoms with van der Waals surface area (Å²) in [5, 5.41) is 2.80. The van der Waals surface area contributed by atoms with Gasteiger partial charge in [-0.15, -0.1) is 0 Å². The highest BCUT2D eigenvalue weighted by Gasteiger charge is 2.23. The van der Waals surface area contributed by atoms with Gasteiger partial charge in [-0.25, -0.2) is 4.98 Å². The fourth-order valence-electron chi connectivity index (χ4n) is 0.989. The lowest BCUT2D eigenvalue weighted by Crippen LogP contribution is -2.28. The van der Waals surface area contributed by atoms with E-state index >= 15 is 0 Å². The maximum absolute atomic E-state index is 11.8. The third-order valence-electron chi connectivity index (χ3n) is 1.98. The van der Waals surface area contributed by atoms with Crippen LogP contribution in [0, 0.1) is 5.41 Å². The van der Waals surface area contributed by atoms with Crippen LogP contribution in [0.5, 0.6) is 5.88 Å². The summed E-state index contributed by atoms with van der Waals surface area (Å²) in [4.78, 5) is 15.9. The Balaban J connectivity index is 3.01. The van der Waals surface area contributed by atoms with Gasteiger partial charge in [0.2, 0.25) is 11.8 Å². The minimum atomic E-state index is -0.458. The number of ether oxygens (including phenoxy) is 1. The fraction of sp³-hybridized carbons (Fsp3) is 0.455. The number of aromatic nitrogens is 1. The zero-order valence-corrected chi connectivity index (χ0v) is 11.4. The van der Waals surface area contributed by atoms with Crippen molar-refractivity contribution in [1.29, 1.82) is 0 Å². The third-order valence-corrected chi connectivity index (χ3v) is 2.64. The molecule has 0 unspecified atom stereocenters. The Morgan fingerprint density at radius 1 is 1.50 bits per heavy atom. The van der Waals surface area contributed by atoms with Gasteiger partial charge in [0.1, 0.15) is 5.69 Å². The van der Waals surface area contributed by atoms with Gasteiger partial charge in [-0.05, 0) is 22.0 Å². The molecule has 16 heavy (non-hydrogen) atoms. The number of pyridine rings is 1. The smallest absolute Gasteiger partial charge is 0.238 e. The van der Waals surface area contributed by atoms with Crippen LogP contribution in [0.25, 0.3) is 0 Å². The average molecular weight is 287 g/mol. The van der Waals surface area contributed by atoms with Crippen LogP contribution in [0.15, 0.2) is 16.7 Å². The molecule has 5 heteroatoms. The second-order valence-corrected chi connectivity index (χ2v) is 5.24. The highest BCUT2D eigenvalue weighted by atomic mass is 79.9. The van der Waals surface area contributed by atoms with Crippen LogP contribution in [0.3, 0.4) is 0 Å². The van der Waals surface area contributed by atoms with Crippen LogP contribution in [0.1, 0.15) is 20.8 Å². The molecule has 0 spiro atoms. The standard InChI is InChI=1S/C11H15BrN2O2/c1-11(2,3)10(15)14-8-7(12)5-6-13-9(8)16-4/h5-6H,1-4H3,(H,14,15). The van der Waals surface area contributed by atoms with E-state index in [-0.39, 0.29) is 5.91 Å². The van der Waals surface area contributed by atoms with Crippen LogP contribution in [0.4, 0.5) is 5.69 Å². The molecule has 0 saturated heterocycles. The molecule has 1 rings (SSSR count). The lowest BCUT2D eigenvalue weighted by atomic mass is 9.95. The summed E-state index contributed by atoms with van der Waals surface area (Å²) >= 11 is 3.35. The van der Waals surface area contributed by atoms with Crippen molar-refractivity contribution in [2.75, 3.05) is 12.4 Å². The summed E-state index contributed by atoms with van der Waals surface area (Å²) in [6, 6.07) is 1.75. The Kier molecular flexibility index (Phi) is 3.91. The number of hydrogen-bond donors (Lipinski definition) is 1. The zero-order chi connectivity index (χ0) is 12.3. The first-order valence-electron chi connectivity index (χ1n) is 4.86. The summed E-state index contributed by atoms with van der Waals surface area (Å²) in [7, 11) is 1.52. The Bertz CT molecular complexity index is 399. The Morgan fingerprint density at radius 2 is 2.12 bits per heavy atom. The first kappa shape index (κ1) is 13.0. The number of carbonyl (C=O) groups is 1. The molecule has 0 aliphatic heterocycles. The van der Waals surface area contributed by atoms with Crippen molar-refractivity contribution in [3.8, 4) is 5.88 Å². The van der Waals surface area contributed by atoms with Gasteiger partial charge in [-0.3, -0.25) is 4.79 Å². The molecule has 1 N–H and O–H groups in total. The number of nitrogens with zero attached hydrogens (tertiary/aromatic N) is 1. The first-order valence-corrected chi connectivity index (χ1v) is 5.65. The number of anilines is 1. The van der Waals surface area contributed by atoms with Gasteiger partial charge in [0, 0.05) is 16.1 Å². The monoisotopic (exact) mass is 286 g/mol. The molecule has 88 valence electrons. The lowest BCUT2D eigenvalue weighted by Gasteiger charge is -2.19. The lowest BCUT2D eigenvalue weighted by molar-refractivity contribution is -0.123. The van der Waals surface area contributed by atoms with Crippen molar-refractivity contribution in [2.24, 2.45) is 5.41 Å². The van der Waals surface area contributed by atoms with Gasteiger partial charge in [0.05, 0.1) is 7.11 Å². The van der Waals surface area contributed by atoms with Crippen LogP contribution in [0.2, 0.25) is 0 Å². The summed E-state index contributed by atoms with van der Waals surface area (Å²) in [6.45, 7) is 5.54. The van der Waals surface area contributed by atoms with Crippen molar-refractivity contribution < 1.29 is 9.53 Å². The van der Waals surface area contributed by atoms with Crippen LogP contribution in [-0.2, 0) is 4.79 Å². The predicted molar refractivity (Wildman–Crippen MR) is 66.6 cm³/mol. The van der Waals surface area contributed by atoms with E-state index in [1.807, 2.05) is 20.8 Å². The summed E-state index contributed by atoms with van der Waals surface area (Å²) in [6.07, 6.45) is 1.61. The van der Waals surface area contributed by atoms with Gasteiger partial charge in [-0.2, -0.15) is 0 Å². The van der Waals surface area contributed by atoms with Crippen molar-refractivity contribution in [1.82, 2.24) is 4.98 Å². The molecule has 0 radical (unpaired) electrons. The summed E-state index contributed by atoms with van der Waals surface area (Å²) < 4.78 is 5.83. The van der Waals surface area contributed by atoms with Gasteiger partial charge in [0.15, 0.2) is 0 Å². The quantitative estimate of drug-likeness (QED) is 0.910. The summed E-state index contributed by atoms with van der Waals surface area (Å²) in [5.74, 6) is 0.312. The fourth-order valence-corrected chi connectivity index (χ4v) is 1.38. The molecule has 0 fully saturated rings. The Labute approximate surface area is 104 Å². The van der Waals surface area contributed by atoms with E-state index < -0.39 is 5.41 Å². The van der Waals surface area contributed by atoms with E-state index in [0.29, 0.717) is 11.6 Å². The minimum absolute atomic E-state index is 0.0838. The molecular weight excluding hydrogens is 272 g/mol. The molecule has 0 aliphatic rings. The number of amides is 1. The van der Waals surface area contributed by atoms with Crippen LogP contribution < -0.4 is 10.1 Å². The van der Waals surface area contributed by atoms with Crippen molar-refractivity contribution >= 4 is 27.5 Å². The molecule has 0 atom stereocenters. The van der Waals surface area contributed by atoms with E-state index in [2.05, 4.69) is 26.2 Å². The van der Waals surface area contributed by atoms with E-state index in [4.69, 9.17) is 4.74 Å². The molecule has 0 aliphatic carbocycles. The number of nitrogens with one attached hydrogen (secondary N) is 1. The molecule has 0 saturated carbocycles. The van der Waals surface area contributed by atoms with Gasteiger partial charge >= 0.3 is 0 Å². The molecule has 1 aromatic rings. The molecule has 0 aromatic carbocycles. The van der Waals surface area contributed by atoms with Gasteiger partial charge in [-0.1, -0.05) is 20.8 Å². The number of hydrogen-bond acceptors (Lipinski definition) is 3. The van der Waals surface area contributed by atoms with Crippen molar-refractivity contribution in [3.63, 3.8) is 0 Å². The maximum atomic E-state index is 11.8. The number of halogens is 1. The van der Waals surface area contributed by atoms with Gasteiger partial charge in [0.25, 0.3) is 0 Å². The number of carbonyl (C=O) groups excluding carboxylic acids is 1. The highest BCUT2D eigenvalue weighted by molar-refractivity contribution is 9.10.